The highest BCUT2D eigenvalue weighted by Gasteiger charge is 2.14. The number of H-pyrrole nitrogens is 1. The van der Waals surface area contributed by atoms with Crippen molar-refractivity contribution in [2.45, 2.75) is 18.4 Å². The van der Waals surface area contributed by atoms with E-state index in [-0.39, 0.29) is 22.4 Å². The van der Waals surface area contributed by atoms with Crippen LogP contribution in [-0.4, -0.2) is 25.6 Å². The van der Waals surface area contributed by atoms with Gasteiger partial charge in [0, 0.05) is 35.8 Å². The average molecular weight is 320 g/mol. The predicted molar refractivity (Wildman–Crippen MR) is 82.5 cm³/mol. The van der Waals surface area contributed by atoms with Crippen molar-refractivity contribution in [1.29, 1.82) is 0 Å². The molecule has 0 atom stereocenters. The maximum absolute atomic E-state index is 12.1. The molecule has 1 amide bonds. The largest absolute Gasteiger partial charge is 0.363 e. The fourth-order valence-corrected chi connectivity index (χ4v) is 3.01. The first-order valence-electron chi connectivity index (χ1n) is 6.54. The molecular formula is C15H16N2O4S. The minimum absolute atomic E-state index is 0.133. The Bertz CT molecular complexity index is 869. The van der Waals surface area contributed by atoms with E-state index in [1.807, 2.05) is 0 Å². The molecule has 7 heteroatoms. The van der Waals surface area contributed by atoms with Crippen LogP contribution < -0.4 is 10.7 Å². The zero-order valence-corrected chi connectivity index (χ0v) is 13.0. The number of pyridine rings is 1. The van der Waals surface area contributed by atoms with Crippen molar-refractivity contribution in [3.63, 3.8) is 0 Å². The Morgan fingerprint density at radius 1 is 1.23 bits per heavy atom. The van der Waals surface area contributed by atoms with Crippen LogP contribution in [0.3, 0.4) is 0 Å². The molecule has 1 aromatic carbocycles. The predicted octanol–water partition coefficient (Wildman–Crippen LogP) is 1.02. The summed E-state index contributed by atoms with van der Waals surface area (Å²) < 4.78 is 23.3. The normalized spacial score (nSPS) is 11.2. The number of amides is 1. The molecule has 0 fully saturated rings. The Hall–Kier alpha value is -2.41. The Morgan fingerprint density at radius 3 is 2.59 bits per heavy atom. The molecule has 0 saturated carbocycles. The highest BCUT2D eigenvalue weighted by atomic mass is 32.2. The van der Waals surface area contributed by atoms with Crippen LogP contribution in [-0.2, 0) is 16.4 Å². The van der Waals surface area contributed by atoms with Gasteiger partial charge < -0.3 is 10.3 Å². The van der Waals surface area contributed by atoms with Gasteiger partial charge in [-0.1, -0.05) is 6.07 Å². The summed E-state index contributed by atoms with van der Waals surface area (Å²) in [7, 11) is -3.39. The number of rotatable bonds is 4. The lowest BCUT2D eigenvalue weighted by Gasteiger charge is -2.08. The zero-order valence-electron chi connectivity index (χ0n) is 12.2. The van der Waals surface area contributed by atoms with Crippen molar-refractivity contribution in [1.82, 2.24) is 10.3 Å². The standard InChI is InChI=1S/C15H16N2O4S/c1-10-3-4-11(7-14(10)22(2,20)21)15(19)17-9-12-8-13(18)5-6-16-12/h3-8H,9H2,1-2H3,(H,16,18)(H,17,19). The van der Waals surface area contributed by atoms with Crippen LogP contribution in [0.25, 0.3) is 0 Å². The molecule has 1 aromatic heterocycles. The van der Waals surface area contributed by atoms with Crippen LogP contribution in [0, 0.1) is 6.92 Å². The van der Waals surface area contributed by atoms with Crippen molar-refractivity contribution in [3.8, 4) is 0 Å². The maximum Gasteiger partial charge on any atom is 0.251 e. The van der Waals surface area contributed by atoms with Gasteiger partial charge in [0.05, 0.1) is 11.4 Å². The number of benzene rings is 1. The lowest BCUT2D eigenvalue weighted by molar-refractivity contribution is 0.0950. The molecule has 1 heterocycles. The number of hydrogen-bond donors (Lipinski definition) is 2. The van der Waals surface area contributed by atoms with E-state index in [0.29, 0.717) is 11.3 Å². The minimum atomic E-state index is -3.39. The molecule has 0 aliphatic heterocycles. The van der Waals surface area contributed by atoms with Crippen molar-refractivity contribution in [3.05, 3.63) is 63.6 Å². The second kappa shape index (κ2) is 6.15. The molecule has 2 N–H and O–H groups in total. The van der Waals surface area contributed by atoms with E-state index in [1.54, 1.807) is 19.1 Å². The van der Waals surface area contributed by atoms with Crippen LogP contribution in [0.4, 0.5) is 0 Å². The summed E-state index contributed by atoms with van der Waals surface area (Å²) in [5.74, 6) is -0.408. The second-order valence-corrected chi connectivity index (χ2v) is 6.97. The van der Waals surface area contributed by atoms with E-state index in [1.165, 1.54) is 24.4 Å². The highest BCUT2D eigenvalue weighted by Crippen LogP contribution is 2.17. The van der Waals surface area contributed by atoms with Crippen LogP contribution in [0.1, 0.15) is 21.6 Å². The van der Waals surface area contributed by atoms with Gasteiger partial charge in [0.15, 0.2) is 15.3 Å². The van der Waals surface area contributed by atoms with Crippen molar-refractivity contribution in [2.75, 3.05) is 6.26 Å². The zero-order chi connectivity index (χ0) is 16.3. The first-order chi connectivity index (χ1) is 10.3. The number of aromatic amines is 1. The van der Waals surface area contributed by atoms with Crippen LogP contribution in [0.5, 0.6) is 0 Å². The van der Waals surface area contributed by atoms with Gasteiger partial charge in [-0.15, -0.1) is 0 Å². The fraction of sp³-hybridized carbons (Fsp3) is 0.200. The second-order valence-electron chi connectivity index (χ2n) is 4.98. The molecule has 0 aliphatic rings. The average Bonchev–Trinajstić information content (AvgIpc) is 2.44. The molecule has 22 heavy (non-hydrogen) atoms. The van der Waals surface area contributed by atoms with E-state index in [4.69, 9.17) is 0 Å². The SMILES string of the molecule is Cc1ccc(C(=O)NCc2cc(=O)cc[nH]2)cc1S(C)(=O)=O. The third-order valence-electron chi connectivity index (χ3n) is 3.12. The van der Waals surface area contributed by atoms with Crippen LogP contribution >= 0.6 is 0 Å². The Balaban J connectivity index is 2.18. The third kappa shape index (κ3) is 3.82. The lowest BCUT2D eigenvalue weighted by Crippen LogP contribution is -2.24. The van der Waals surface area contributed by atoms with Crippen molar-refractivity contribution < 1.29 is 13.2 Å². The van der Waals surface area contributed by atoms with E-state index in [9.17, 15) is 18.0 Å². The summed E-state index contributed by atoms with van der Waals surface area (Å²) in [6.45, 7) is 1.82. The fourth-order valence-electron chi connectivity index (χ4n) is 2.01. The van der Waals surface area contributed by atoms with E-state index >= 15 is 0 Å². The van der Waals surface area contributed by atoms with E-state index in [2.05, 4.69) is 10.3 Å². The Kier molecular flexibility index (Phi) is 4.46. The van der Waals surface area contributed by atoms with Gasteiger partial charge >= 0.3 is 0 Å². The van der Waals surface area contributed by atoms with Gasteiger partial charge in [0.25, 0.3) is 5.91 Å². The number of hydrogen-bond acceptors (Lipinski definition) is 4. The van der Waals surface area contributed by atoms with Crippen LogP contribution in [0.15, 0.2) is 46.2 Å². The molecule has 0 aliphatic carbocycles. The lowest BCUT2D eigenvalue weighted by atomic mass is 10.1. The monoisotopic (exact) mass is 320 g/mol. The molecule has 2 rings (SSSR count). The maximum atomic E-state index is 12.1. The Morgan fingerprint density at radius 2 is 1.95 bits per heavy atom. The van der Waals surface area contributed by atoms with Gasteiger partial charge in [-0.05, 0) is 24.6 Å². The first kappa shape index (κ1) is 16.0. The summed E-state index contributed by atoms with van der Waals surface area (Å²) >= 11 is 0. The highest BCUT2D eigenvalue weighted by molar-refractivity contribution is 7.90. The molecule has 0 unspecified atom stereocenters. The number of aromatic nitrogens is 1. The quantitative estimate of drug-likeness (QED) is 0.879. The minimum Gasteiger partial charge on any atom is -0.363 e. The van der Waals surface area contributed by atoms with Gasteiger partial charge in [-0.2, -0.15) is 0 Å². The summed E-state index contributed by atoms with van der Waals surface area (Å²) in [6, 6.07) is 7.28. The summed E-state index contributed by atoms with van der Waals surface area (Å²) in [6.07, 6.45) is 2.60. The summed E-state index contributed by atoms with van der Waals surface area (Å²) in [4.78, 5) is 26.3. The molecular weight excluding hydrogens is 304 g/mol. The molecule has 0 bridgehead atoms. The number of sulfone groups is 1. The van der Waals surface area contributed by atoms with Gasteiger partial charge in [0.1, 0.15) is 0 Å². The number of carbonyl (C=O) groups is 1. The number of aryl methyl sites for hydroxylation is 1. The van der Waals surface area contributed by atoms with Crippen molar-refractivity contribution in [2.24, 2.45) is 0 Å². The van der Waals surface area contributed by atoms with E-state index in [0.717, 1.165) is 6.26 Å². The third-order valence-corrected chi connectivity index (χ3v) is 4.36. The van der Waals surface area contributed by atoms with Gasteiger partial charge in [0.2, 0.25) is 0 Å². The van der Waals surface area contributed by atoms with Crippen LogP contribution in [0.2, 0.25) is 0 Å². The van der Waals surface area contributed by atoms with Gasteiger partial charge in [-0.25, -0.2) is 8.42 Å². The number of nitrogens with one attached hydrogen (secondary N) is 2. The molecule has 116 valence electrons. The molecule has 0 saturated heterocycles. The molecule has 6 nitrogen and oxygen atoms in total. The number of carbonyl (C=O) groups excluding carboxylic acids is 1. The summed E-state index contributed by atoms with van der Waals surface area (Å²) in [5, 5.41) is 2.64. The summed E-state index contributed by atoms with van der Waals surface area (Å²) in [5.41, 5.74) is 1.25. The van der Waals surface area contributed by atoms with E-state index < -0.39 is 15.7 Å². The molecule has 0 radical (unpaired) electrons. The van der Waals surface area contributed by atoms with Crippen molar-refractivity contribution >= 4 is 15.7 Å². The molecule has 0 spiro atoms. The molecule has 2 aromatic rings. The van der Waals surface area contributed by atoms with Gasteiger partial charge in [-0.3, -0.25) is 9.59 Å². The smallest absolute Gasteiger partial charge is 0.251 e. The Labute approximate surface area is 128 Å². The first-order valence-corrected chi connectivity index (χ1v) is 8.43. The topological polar surface area (TPSA) is 96.1 Å².